The van der Waals surface area contributed by atoms with Crippen molar-refractivity contribution >= 4 is 29.3 Å². The number of carbonyl (C=O) groups excluding carboxylic acids is 1. The van der Waals surface area contributed by atoms with E-state index in [0.717, 1.165) is 22.1 Å². The molecule has 4 nitrogen and oxygen atoms in total. The van der Waals surface area contributed by atoms with Crippen molar-refractivity contribution in [2.45, 2.75) is 18.8 Å². The van der Waals surface area contributed by atoms with Gasteiger partial charge in [-0.05, 0) is 30.7 Å². The fraction of sp³-hybridized carbons (Fsp3) is 0.316. The Kier molecular flexibility index (Phi) is 7.95. The Labute approximate surface area is 157 Å². The molecule has 0 fully saturated rings. The van der Waals surface area contributed by atoms with Gasteiger partial charge in [-0.3, -0.25) is 4.79 Å². The van der Waals surface area contributed by atoms with Crippen LogP contribution in [0.3, 0.4) is 0 Å². The number of hydrogen-bond donors (Lipinski definition) is 1. The number of hydrogen-bond acceptors (Lipinski definition) is 4. The number of carbonyl (C=O) groups is 1. The molecule has 0 saturated carbocycles. The number of thioether (sulfide) groups is 1. The first-order valence-corrected chi connectivity index (χ1v) is 9.53. The van der Waals surface area contributed by atoms with Gasteiger partial charge in [-0.2, -0.15) is 11.8 Å². The third-order valence-electron chi connectivity index (χ3n) is 3.50. The minimum atomic E-state index is -0.593. The maximum absolute atomic E-state index is 12.1. The molecule has 0 saturated heterocycles. The van der Waals surface area contributed by atoms with Gasteiger partial charge < -0.3 is 14.8 Å². The van der Waals surface area contributed by atoms with Gasteiger partial charge in [-0.1, -0.05) is 41.9 Å². The fourth-order valence-corrected chi connectivity index (χ4v) is 3.29. The van der Waals surface area contributed by atoms with Crippen LogP contribution in [-0.2, 0) is 10.5 Å². The van der Waals surface area contributed by atoms with Gasteiger partial charge >= 0.3 is 0 Å². The highest BCUT2D eigenvalue weighted by Gasteiger charge is 2.16. The summed E-state index contributed by atoms with van der Waals surface area (Å²) in [6.07, 6.45) is -0.593. The molecule has 1 amide bonds. The number of para-hydroxylation sites is 2. The Morgan fingerprint density at radius 3 is 2.56 bits per heavy atom. The van der Waals surface area contributed by atoms with Gasteiger partial charge in [0.25, 0.3) is 5.91 Å². The molecule has 0 aliphatic rings. The van der Waals surface area contributed by atoms with Crippen LogP contribution in [0.2, 0.25) is 5.02 Å². The quantitative estimate of drug-likeness (QED) is 0.664. The molecular formula is C19H22ClNO3S. The van der Waals surface area contributed by atoms with Crippen molar-refractivity contribution in [2.24, 2.45) is 0 Å². The molecule has 0 bridgehead atoms. The second kappa shape index (κ2) is 10.2. The largest absolute Gasteiger partial charge is 0.493 e. The summed E-state index contributed by atoms with van der Waals surface area (Å²) in [5.74, 6) is 2.64. The summed E-state index contributed by atoms with van der Waals surface area (Å²) in [6, 6.07) is 15.1. The normalized spacial score (nSPS) is 11.6. The maximum atomic E-state index is 12.1. The van der Waals surface area contributed by atoms with Gasteiger partial charge in [-0.25, -0.2) is 0 Å². The van der Waals surface area contributed by atoms with Gasteiger partial charge in [0.2, 0.25) is 0 Å². The number of amides is 1. The zero-order chi connectivity index (χ0) is 18.1. The van der Waals surface area contributed by atoms with E-state index in [4.69, 9.17) is 21.1 Å². The first-order chi connectivity index (χ1) is 12.1. The van der Waals surface area contributed by atoms with Crippen LogP contribution in [0, 0.1) is 0 Å². The van der Waals surface area contributed by atoms with E-state index in [1.807, 2.05) is 36.4 Å². The van der Waals surface area contributed by atoms with E-state index < -0.39 is 6.10 Å². The molecule has 2 rings (SSSR count). The van der Waals surface area contributed by atoms with Crippen molar-refractivity contribution in [3.63, 3.8) is 0 Å². The molecule has 2 aromatic rings. The van der Waals surface area contributed by atoms with Crippen LogP contribution in [0.5, 0.6) is 11.5 Å². The van der Waals surface area contributed by atoms with Crippen molar-refractivity contribution in [3.8, 4) is 11.5 Å². The van der Waals surface area contributed by atoms with Crippen molar-refractivity contribution in [2.75, 3.05) is 19.4 Å². The molecule has 0 aliphatic carbocycles. The molecule has 0 radical (unpaired) electrons. The molecule has 6 heteroatoms. The molecule has 0 unspecified atom stereocenters. The van der Waals surface area contributed by atoms with Gasteiger partial charge in [0.1, 0.15) is 0 Å². The number of methoxy groups -OCH3 is 1. The molecule has 1 atom stereocenters. The lowest BCUT2D eigenvalue weighted by molar-refractivity contribution is -0.127. The van der Waals surface area contributed by atoms with Crippen LogP contribution in [-0.4, -0.2) is 31.4 Å². The second-order valence-electron chi connectivity index (χ2n) is 5.35. The zero-order valence-electron chi connectivity index (χ0n) is 14.3. The van der Waals surface area contributed by atoms with Crippen molar-refractivity contribution in [1.82, 2.24) is 5.32 Å². The average Bonchev–Trinajstić information content (AvgIpc) is 2.63. The van der Waals surface area contributed by atoms with E-state index >= 15 is 0 Å². The van der Waals surface area contributed by atoms with Crippen LogP contribution in [0.1, 0.15) is 12.5 Å². The Bertz CT molecular complexity index is 696. The predicted octanol–water partition coefficient (Wildman–Crippen LogP) is 4.17. The third kappa shape index (κ3) is 6.18. The predicted molar refractivity (Wildman–Crippen MR) is 104 cm³/mol. The lowest BCUT2D eigenvalue weighted by Gasteiger charge is -2.16. The van der Waals surface area contributed by atoms with Gasteiger partial charge in [0, 0.05) is 23.1 Å². The Balaban J connectivity index is 1.70. The molecule has 0 spiro atoms. The molecule has 0 heterocycles. The second-order valence-corrected chi connectivity index (χ2v) is 6.86. The van der Waals surface area contributed by atoms with Crippen LogP contribution in [0.15, 0.2) is 48.5 Å². The van der Waals surface area contributed by atoms with Crippen LogP contribution < -0.4 is 14.8 Å². The first kappa shape index (κ1) is 19.5. The number of benzene rings is 2. The molecule has 0 aliphatic heterocycles. The van der Waals surface area contributed by atoms with E-state index in [9.17, 15) is 4.79 Å². The summed E-state index contributed by atoms with van der Waals surface area (Å²) >= 11 is 7.85. The van der Waals surface area contributed by atoms with Gasteiger partial charge in [0.15, 0.2) is 17.6 Å². The molecule has 0 aromatic heterocycles. The lowest BCUT2D eigenvalue weighted by atomic mass is 10.2. The Morgan fingerprint density at radius 2 is 1.84 bits per heavy atom. The number of halogens is 1. The van der Waals surface area contributed by atoms with Crippen LogP contribution in [0.25, 0.3) is 0 Å². The summed E-state index contributed by atoms with van der Waals surface area (Å²) in [4.78, 5) is 12.1. The zero-order valence-corrected chi connectivity index (χ0v) is 15.9. The van der Waals surface area contributed by atoms with E-state index in [1.54, 1.807) is 37.9 Å². The molecule has 25 heavy (non-hydrogen) atoms. The lowest BCUT2D eigenvalue weighted by Crippen LogP contribution is -2.37. The smallest absolute Gasteiger partial charge is 0.260 e. The highest BCUT2D eigenvalue weighted by Crippen LogP contribution is 2.26. The minimum Gasteiger partial charge on any atom is -0.493 e. The SMILES string of the molecule is COc1ccccc1O[C@H](C)C(=O)NCCSCc1ccccc1Cl. The summed E-state index contributed by atoms with van der Waals surface area (Å²) in [7, 11) is 1.57. The summed E-state index contributed by atoms with van der Waals surface area (Å²) < 4.78 is 10.9. The van der Waals surface area contributed by atoms with Crippen LogP contribution >= 0.6 is 23.4 Å². The third-order valence-corrected chi connectivity index (χ3v) is 4.88. The monoisotopic (exact) mass is 379 g/mol. The molecular weight excluding hydrogens is 358 g/mol. The highest BCUT2D eigenvalue weighted by molar-refractivity contribution is 7.98. The minimum absolute atomic E-state index is 0.149. The number of rotatable bonds is 9. The Hall–Kier alpha value is -1.85. The average molecular weight is 380 g/mol. The highest BCUT2D eigenvalue weighted by atomic mass is 35.5. The molecule has 1 N–H and O–H groups in total. The first-order valence-electron chi connectivity index (χ1n) is 8.00. The van der Waals surface area contributed by atoms with E-state index in [2.05, 4.69) is 5.32 Å². The Morgan fingerprint density at radius 1 is 1.16 bits per heavy atom. The van der Waals surface area contributed by atoms with Gasteiger partial charge in [-0.15, -0.1) is 0 Å². The molecule has 134 valence electrons. The van der Waals surface area contributed by atoms with E-state index in [-0.39, 0.29) is 5.91 Å². The van der Waals surface area contributed by atoms with Crippen molar-refractivity contribution in [1.29, 1.82) is 0 Å². The van der Waals surface area contributed by atoms with Crippen molar-refractivity contribution < 1.29 is 14.3 Å². The molecule has 2 aromatic carbocycles. The maximum Gasteiger partial charge on any atom is 0.260 e. The van der Waals surface area contributed by atoms with Crippen LogP contribution in [0.4, 0.5) is 0 Å². The fourth-order valence-electron chi connectivity index (χ4n) is 2.15. The van der Waals surface area contributed by atoms with E-state index in [1.165, 1.54) is 0 Å². The number of ether oxygens (including phenoxy) is 2. The van der Waals surface area contributed by atoms with Gasteiger partial charge in [0.05, 0.1) is 7.11 Å². The summed E-state index contributed by atoms with van der Waals surface area (Å²) in [6.45, 7) is 2.30. The summed E-state index contributed by atoms with van der Waals surface area (Å²) in [5, 5.41) is 3.66. The topological polar surface area (TPSA) is 47.6 Å². The number of nitrogens with one attached hydrogen (secondary N) is 1. The van der Waals surface area contributed by atoms with Crippen molar-refractivity contribution in [3.05, 3.63) is 59.1 Å². The standard InChI is InChI=1S/C19H22ClNO3S/c1-14(24-18-10-6-5-9-17(18)23-2)19(22)21-11-12-25-13-15-7-3-4-8-16(15)20/h3-10,14H,11-13H2,1-2H3,(H,21,22)/t14-/m1/s1. The summed E-state index contributed by atoms with van der Waals surface area (Å²) in [5.41, 5.74) is 1.10. The van der Waals surface area contributed by atoms with E-state index in [0.29, 0.717) is 18.0 Å².